The first-order valence-electron chi connectivity index (χ1n) is 10.3. The van der Waals surface area contributed by atoms with Gasteiger partial charge in [-0.25, -0.2) is 4.98 Å². The van der Waals surface area contributed by atoms with Gasteiger partial charge in [0.2, 0.25) is 0 Å². The molecule has 1 amide bonds. The summed E-state index contributed by atoms with van der Waals surface area (Å²) in [6.45, 7) is 2.15. The first-order chi connectivity index (χ1) is 14.3. The zero-order chi connectivity index (χ0) is 19.6. The number of nitrogens with zero attached hydrogens (tertiary/aromatic N) is 2. The van der Waals surface area contributed by atoms with E-state index in [9.17, 15) is 4.79 Å². The summed E-state index contributed by atoms with van der Waals surface area (Å²) in [7, 11) is 0. The van der Waals surface area contributed by atoms with Crippen molar-refractivity contribution in [1.29, 1.82) is 0 Å². The molecule has 0 atom stereocenters. The number of carbonyl (C=O) groups is 1. The molecule has 3 aromatic rings. The standard InChI is InChI=1S/C24H24N2O3/c27-24(21-16-29-23(25-21)18-10-13-28-14-11-18)26-12-4-7-20-15-19(8-9-22(20)26)17-5-2-1-3-6-17/h1-3,5-6,8-9,15-16,18H,4,7,10-14H2. The molecule has 0 radical (unpaired) electrons. The SMILES string of the molecule is O=C(c1coc(C2CCOCC2)n1)N1CCCc2cc(-c3ccccc3)ccc21. The number of anilines is 1. The Morgan fingerprint density at radius 3 is 2.69 bits per heavy atom. The summed E-state index contributed by atoms with van der Waals surface area (Å²) >= 11 is 0. The number of aromatic nitrogens is 1. The maximum atomic E-state index is 13.2. The first-order valence-corrected chi connectivity index (χ1v) is 10.3. The molecule has 5 nitrogen and oxygen atoms in total. The van der Waals surface area contributed by atoms with E-state index in [0.717, 1.165) is 44.6 Å². The normalized spacial score (nSPS) is 17.2. The van der Waals surface area contributed by atoms with E-state index >= 15 is 0 Å². The first kappa shape index (κ1) is 18.1. The second kappa shape index (κ2) is 7.84. The number of oxazole rings is 1. The monoisotopic (exact) mass is 388 g/mol. The van der Waals surface area contributed by atoms with Crippen LogP contribution in [0.25, 0.3) is 11.1 Å². The highest BCUT2D eigenvalue weighted by atomic mass is 16.5. The molecule has 2 aromatic carbocycles. The van der Waals surface area contributed by atoms with E-state index in [2.05, 4.69) is 35.3 Å². The highest BCUT2D eigenvalue weighted by Crippen LogP contribution is 2.33. The van der Waals surface area contributed by atoms with Crippen molar-refractivity contribution in [2.45, 2.75) is 31.6 Å². The zero-order valence-corrected chi connectivity index (χ0v) is 16.3. The minimum Gasteiger partial charge on any atom is -0.448 e. The molecular formula is C24H24N2O3. The molecule has 0 aliphatic carbocycles. The van der Waals surface area contributed by atoms with Crippen molar-refractivity contribution in [3.8, 4) is 11.1 Å². The third kappa shape index (κ3) is 3.58. The number of hydrogen-bond donors (Lipinski definition) is 0. The van der Waals surface area contributed by atoms with Crippen molar-refractivity contribution in [3.05, 3.63) is 71.9 Å². The van der Waals surface area contributed by atoms with Gasteiger partial charge >= 0.3 is 0 Å². The Morgan fingerprint density at radius 1 is 1.03 bits per heavy atom. The van der Waals surface area contributed by atoms with Gasteiger partial charge in [-0.05, 0) is 54.5 Å². The quantitative estimate of drug-likeness (QED) is 0.645. The van der Waals surface area contributed by atoms with E-state index in [0.29, 0.717) is 18.1 Å². The van der Waals surface area contributed by atoms with E-state index in [4.69, 9.17) is 9.15 Å². The Hall–Kier alpha value is -2.92. The van der Waals surface area contributed by atoms with Crippen molar-refractivity contribution >= 4 is 11.6 Å². The van der Waals surface area contributed by atoms with Crippen LogP contribution >= 0.6 is 0 Å². The van der Waals surface area contributed by atoms with Crippen molar-refractivity contribution < 1.29 is 13.9 Å². The molecular weight excluding hydrogens is 364 g/mol. The Bertz CT molecular complexity index is 1010. The molecule has 29 heavy (non-hydrogen) atoms. The molecule has 0 N–H and O–H groups in total. The van der Waals surface area contributed by atoms with Crippen LogP contribution in [0.1, 0.15) is 47.1 Å². The molecule has 148 valence electrons. The Kier molecular flexibility index (Phi) is 4.90. The van der Waals surface area contributed by atoms with E-state index in [-0.39, 0.29) is 11.8 Å². The number of benzene rings is 2. The fraction of sp³-hybridized carbons (Fsp3) is 0.333. The van der Waals surface area contributed by atoms with Crippen LogP contribution < -0.4 is 4.90 Å². The summed E-state index contributed by atoms with van der Waals surface area (Å²) in [6.07, 6.45) is 5.22. The van der Waals surface area contributed by atoms with Gasteiger partial charge < -0.3 is 14.1 Å². The molecule has 0 unspecified atom stereocenters. The van der Waals surface area contributed by atoms with E-state index in [1.165, 1.54) is 23.0 Å². The highest BCUT2D eigenvalue weighted by Gasteiger charge is 2.28. The third-order valence-electron chi connectivity index (χ3n) is 5.86. The van der Waals surface area contributed by atoms with Crippen LogP contribution in [0.4, 0.5) is 5.69 Å². The fourth-order valence-electron chi connectivity index (χ4n) is 4.27. The summed E-state index contributed by atoms with van der Waals surface area (Å²) in [4.78, 5) is 19.6. The predicted molar refractivity (Wildman–Crippen MR) is 111 cm³/mol. The average Bonchev–Trinajstić information content (AvgIpc) is 3.29. The number of rotatable bonds is 3. The fourth-order valence-corrected chi connectivity index (χ4v) is 4.27. The highest BCUT2D eigenvalue weighted by molar-refractivity contribution is 6.05. The van der Waals surface area contributed by atoms with Crippen LogP contribution in [0.5, 0.6) is 0 Å². The zero-order valence-electron chi connectivity index (χ0n) is 16.3. The number of carbonyl (C=O) groups excluding carboxylic acids is 1. The van der Waals surface area contributed by atoms with Gasteiger partial charge in [0, 0.05) is 31.4 Å². The largest absolute Gasteiger partial charge is 0.448 e. The lowest BCUT2D eigenvalue weighted by molar-refractivity contribution is 0.0794. The predicted octanol–water partition coefficient (Wildman–Crippen LogP) is 4.83. The Balaban J connectivity index is 1.40. The van der Waals surface area contributed by atoms with E-state index in [1.54, 1.807) is 0 Å². The summed E-state index contributed by atoms with van der Waals surface area (Å²) in [6, 6.07) is 16.7. The molecule has 0 saturated carbocycles. The number of fused-ring (bicyclic) bond motifs is 1. The molecule has 5 rings (SSSR count). The maximum Gasteiger partial charge on any atom is 0.280 e. The van der Waals surface area contributed by atoms with Gasteiger partial charge in [0.1, 0.15) is 6.26 Å². The van der Waals surface area contributed by atoms with Crippen LogP contribution in [0.2, 0.25) is 0 Å². The van der Waals surface area contributed by atoms with Crippen LogP contribution in [-0.2, 0) is 11.2 Å². The lowest BCUT2D eigenvalue weighted by Crippen LogP contribution is -2.35. The number of hydrogen-bond acceptors (Lipinski definition) is 4. The molecule has 1 fully saturated rings. The number of ether oxygens (including phenoxy) is 1. The van der Waals surface area contributed by atoms with Crippen LogP contribution in [0.15, 0.2) is 59.2 Å². The average molecular weight is 388 g/mol. The molecule has 1 aromatic heterocycles. The van der Waals surface area contributed by atoms with Gasteiger partial charge in [-0.15, -0.1) is 0 Å². The Labute approximate surface area is 170 Å². The minimum absolute atomic E-state index is 0.0829. The second-order valence-electron chi connectivity index (χ2n) is 7.73. The molecule has 3 heterocycles. The number of aryl methyl sites for hydroxylation is 1. The summed E-state index contributed by atoms with van der Waals surface area (Å²) < 4.78 is 11.1. The van der Waals surface area contributed by atoms with E-state index in [1.807, 2.05) is 23.1 Å². The topological polar surface area (TPSA) is 55.6 Å². The van der Waals surface area contributed by atoms with Gasteiger partial charge in [0.15, 0.2) is 11.6 Å². The van der Waals surface area contributed by atoms with Gasteiger partial charge in [0.05, 0.1) is 0 Å². The second-order valence-corrected chi connectivity index (χ2v) is 7.73. The molecule has 0 bridgehead atoms. The Morgan fingerprint density at radius 2 is 1.86 bits per heavy atom. The lowest BCUT2D eigenvalue weighted by atomic mass is 9.96. The minimum atomic E-state index is -0.0829. The van der Waals surface area contributed by atoms with Crippen molar-refractivity contribution in [2.24, 2.45) is 0 Å². The van der Waals surface area contributed by atoms with Crippen molar-refractivity contribution in [3.63, 3.8) is 0 Å². The van der Waals surface area contributed by atoms with Gasteiger partial charge in [0.25, 0.3) is 5.91 Å². The molecule has 2 aliphatic heterocycles. The third-order valence-corrected chi connectivity index (χ3v) is 5.86. The smallest absolute Gasteiger partial charge is 0.280 e. The van der Waals surface area contributed by atoms with Gasteiger partial charge in [-0.2, -0.15) is 0 Å². The lowest BCUT2D eigenvalue weighted by Gasteiger charge is -2.29. The van der Waals surface area contributed by atoms with Crippen LogP contribution in [0.3, 0.4) is 0 Å². The van der Waals surface area contributed by atoms with Crippen LogP contribution in [-0.4, -0.2) is 30.6 Å². The summed E-state index contributed by atoms with van der Waals surface area (Å²) in [5, 5.41) is 0. The maximum absolute atomic E-state index is 13.2. The van der Waals surface area contributed by atoms with Crippen LogP contribution in [0, 0.1) is 0 Å². The number of amides is 1. The van der Waals surface area contributed by atoms with Gasteiger partial charge in [-0.1, -0.05) is 36.4 Å². The van der Waals surface area contributed by atoms with Crippen molar-refractivity contribution in [1.82, 2.24) is 4.98 Å². The van der Waals surface area contributed by atoms with Gasteiger partial charge in [-0.3, -0.25) is 4.79 Å². The van der Waals surface area contributed by atoms with Crippen molar-refractivity contribution in [2.75, 3.05) is 24.7 Å². The molecule has 0 spiro atoms. The summed E-state index contributed by atoms with van der Waals surface area (Å²) in [5.41, 5.74) is 4.96. The molecule has 1 saturated heterocycles. The van der Waals surface area contributed by atoms with E-state index < -0.39 is 0 Å². The molecule has 2 aliphatic rings. The summed E-state index contributed by atoms with van der Waals surface area (Å²) in [5.74, 6) is 0.821. The molecule has 5 heteroatoms.